The lowest BCUT2D eigenvalue weighted by Crippen LogP contribution is -2.38. The number of rotatable bonds is 3. The quantitative estimate of drug-likeness (QED) is 0.895. The minimum absolute atomic E-state index is 0.359. The van der Waals surface area contributed by atoms with Crippen molar-refractivity contribution in [3.05, 3.63) is 42.1 Å². The second-order valence-corrected chi connectivity index (χ2v) is 4.77. The molecule has 18 heavy (non-hydrogen) atoms. The molecule has 3 nitrogen and oxygen atoms in total. The summed E-state index contributed by atoms with van der Waals surface area (Å²) in [6.07, 6.45) is 4.34. The van der Waals surface area contributed by atoms with Gasteiger partial charge in [0.15, 0.2) is 0 Å². The van der Waals surface area contributed by atoms with Crippen LogP contribution in [0.1, 0.15) is 12.0 Å². The normalized spacial score (nSPS) is 20.1. The van der Waals surface area contributed by atoms with Gasteiger partial charge in [0.05, 0.1) is 18.2 Å². The highest BCUT2D eigenvalue weighted by Crippen LogP contribution is 2.15. The van der Waals surface area contributed by atoms with Crippen molar-refractivity contribution in [1.29, 1.82) is 0 Å². The Morgan fingerprint density at radius 3 is 3.22 bits per heavy atom. The summed E-state index contributed by atoms with van der Waals surface area (Å²) < 4.78 is 5.71. The first kappa shape index (κ1) is 11.6. The van der Waals surface area contributed by atoms with Gasteiger partial charge in [-0.1, -0.05) is 18.2 Å². The van der Waals surface area contributed by atoms with E-state index in [0.29, 0.717) is 6.10 Å². The molecule has 1 aliphatic rings. The molecule has 2 aromatic rings. The Hall–Kier alpha value is -1.45. The molecule has 0 bridgehead atoms. The number of pyridine rings is 1. The number of aromatic nitrogens is 1. The molecule has 1 unspecified atom stereocenters. The van der Waals surface area contributed by atoms with Gasteiger partial charge in [-0.25, -0.2) is 0 Å². The molecule has 0 amide bonds. The van der Waals surface area contributed by atoms with Crippen LogP contribution in [0, 0.1) is 0 Å². The van der Waals surface area contributed by atoms with E-state index in [0.717, 1.165) is 38.1 Å². The summed E-state index contributed by atoms with van der Waals surface area (Å²) in [5, 5.41) is 4.57. The summed E-state index contributed by atoms with van der Waals surface area (Å²) in [6, 6.07) is 10.6. The van der Waals surface area contributed by atoms with E-state index in [4.69, 9.17) is 4.74 Å². The highest BCUT2D eigenvalue weighted by Gasteiger charge is 2.12. The van der Waals surface area contributed by atoms with Crippen LogP contribution < -0.4 is 5.32 Å². The maximum Gasteiger partial charge on any atom is 0.0704 e. The van der Waals surface area contributed by atoms with Crippen LogP contribution in [-0.4, -0.2) is 30.8 Å². The number of nitrogens with one attached hydrogen (secondary N) is 1. The number of nitrogens with zero attached hydrogens (tertiary/aromatic N) is 1. The van der Waals surface area contributed by atoms with Gasteiger partial charge in [-0.3, -0.25) is 4.98 Å². The number of benzene rings is 1. The lowest BCUT2D eigenvalue weighted by atomic mass is 10.0. The SMILES string of the molecule is c1cnc2cc(CCC3CNCCO3)ccc2c1. The summed E-state index contributed by atoms with van der Waals surface area (Å²) >= 11 is 0. The molecule has 1 saturated heterocycles. The predicted molar refractivity (Wildman–Crippen MR) is 72.7 cm³/mol. The van der Waals surface area contributed by atoms with E-state index in [1.54, 1.807) is 0 Å². The summed E-state index contributed by atoms with van der Waals surface area (Å²) in [5.74, 6) is 0. The van der Waals surface area contributed by atoms with Crippen LogP contribution in [0.4, 0.5) is 0 Å². The number of hydrogen-bond donors (Lipinski definition) is 1. The Bertz CT molecular complexity index is 521. The molecule has 1 aliphatic heterocycles. The highest BCUT2D eigenvalue weighted by molar-refractivity contribution is 5.78. The van der Waals surface area contributed by atoms with E-state index in [1.807, 2.05) is 12.3 Å². The zero-order valence-electron chi connectivity index (χ0n) is 10.4. The van der Waals surface area contributed by atoms with Gasteiger partial charge < -0.3 is 10.1 Å². The van der Waals surface area contributed by atoms with Crippen LogP contribution in [0.25, 0.3) is 10.9 Å². The standard InChI is InChI=1S/C15H18N2O/c1-2-13-5-3-12(10-15(13)17-7-1)4-6-14-11-16-8-9-18-14/h1-3,5,7,10,14,16H,4,6,8-9,11H2. The highest BCUT2D eigenvalue weighted by atomic mass is 16.5. The molecule has 3 heteroatoms. The molecule has 3 rings (SSSR count). The summed E-state index contributed by atoms with van der Waals surface area (Å²) in [4.78, 5) is 4.39. The molecule has 1 atom stereocenters. The number of morpholine rings is 1. The second-order valence-electron chi connectivity index (χ2n) is 4.77. The van der Waals surface area contributed by atoms with Gasteiger partial charge in [0.2, 0.25) is 0 Å². The lowest BCUT2D eigenvalue weighted by Gasteiger charge is -2.23. The zero-order valence-corrected chi connectivity index (χ0v) is 10.4. The topological polar surface area (TPSA) is 34.2 Å². The maximum absolute atomic E-state index is 5.71. The summed E-state index contributed by atoms with van der Waals surface area (Å²) in [6.45, 7) is 2.80. The lowest BCUT2D eigenvalue weighted by molar-refractivity contribution is 0.0238. The summed E-state index contributed by atoms with van der Waals surface area (Å²) in [7, 11) is 0. The Morgan fingerprint density at radius 1 is 1.33 bits per heavy atom. The maximum atomic E-state index is 5.71. The van der Waals surface area contributed by atoms with Crippen LogP contribution in [-0.2, 0) is 11.2 Å². The number of fused-ring (bicyclic) bond motifs is 1. The van der Waals surface area contributed by atoms with Crippen molar-refractivity contribution in [2.24, 2.45) is 0 Å². The Morgan fingerprint density at radius 2 is 2.33 bits per heavy atom. The van der Waals surface area contributed by atoms with Crippen LogP contribution in [0.2, 0.25) is 0 Å². The molecule has 1 N–H and O–H groups in total. The van der Waals surface area contributed by atoms with Gasteiger partial charge in [-0.15, -0.1) is 0 Å². The molecular weight excluding hydrogens is 224 g/mol. The Balaban J connectivity index is 1.66. The second kappa shape index (κ2) is 5.46. The number of hydrogen-bond acceptors (Lipinski definition) is 3. The Labute approximate surface area is 107 Å². The zero-order chi connectivity index (χ0) is 12.2. The average molecular weight is 242 g/mol. The first-order chi connectivity index (χ1) is 8.92. The molecule has 0 radical (unpaired) electrons. The summed E-state index contributed by atoms with van der Waals surface area (Å²) in [5.41, 5.74) is 2.42. The van der Waals surface area contributed by atoms with Crippen molar-refractivity contribution < 1.29 is 4.74 Å². The van der Waals surface area contributed by atoms with Gasteiger partial charge in [0, 0.05) is 24.7 Å². The fourth-order valence-corrected chi connectivity index (χ4v) is 2.40. The van der Waals surface area contributed by atoms with E-state index in [-0.39, 0.29) is 0 Å². The molecule has 0 spiro atoms. The van der Waals surface area contributed by atoms with Gasteiger partial charge in [0.25, 0.3) is 0 Å². The third-order valence-electron chi connectivity index (χ3n) is 3.43. The van der Waals surface area contributed by atoms with Crippen molar-refractivity contribution >= 4 is 10.9 Å². The molecular formula is C15H18N2O. The first-order valence-electron chi connectivity index (χ1n) is 6.58. The van der Waals surface area contributed by atoms with Gasteiger partial charge >= 0.3 is 0 Å². The van der Waals surface area contributed by atoms with E-state index < -0.39 is 0 Å². The van der Waals surface area contributed by atoms with Crippen LogP contribution in [0.15, 0.2) is 36.5 Å². The van der Waals surface area contributed by atoms with Crippen LogP contribution in [0.5, 0.6) is 0 Å². The fourth-order valence-electron chi connectivity index (χ4n) is 2.40. The predicted octanol–water partition coefficient (Wildman–Crippen LogP) is 2.16. The minimum Gasteiger partial charge on any atom is -0.376 e. The minimum atomic E-state index is 0.359. The van der Waals surface area contributed by atoms with Crippen LogP contribution >= 0.6 is 0 Å². The van der Waals surface area contributed by atoms with Gasteiger partial charge in [-0.05, 0) is 30.5 Å². The smallest absolute Gasteiger partial charge is 0.0704 e. The Kier molecular flexibility index (Phi) is 3.53. The molecule has 1 fully saturated rings. The van der Waals surface area contributed by atoms with Gasteiger partial charge in [-0.2, -0.15) is 0 Å². The van der Waals surface area contributed by atoms with Crippen molar-refractivity contribution in [2.75, 3.05) is 19.7 Å². The van der Waals surface area contributed by atoms with E-state index in [2.05, 4.69) is 34.6 Å². The van der Waals surface area contributed by atoms with E-state index >= 15 is 0 Å². The van der Waals surface area contributed by atoms with Crippen molar-refractivity contribution in [3.8, 4) is 0 Å². The third-order valence-corrected chi connectivity index (χ3v) is 3.43. The largest absolute Gasteiger partial charge is 0.376 e. The monoisotopic (exact) mass is 242 g/mol. The van der Waals surface area contributed by atoms with Crippen molar-refractivity contribution in [3.63, 3.8) is 0 Å². The number of ether oxygens (including phenoxy) is 1. The number of aryl methyl sites for hydroxylation is 1. The van der Waals surface area contributed by atoms with Crippen LogP contribution in [0.3, 0.4) is 0 Å². The van der Waals surface area contributed by atoms with Crippen molar-refractivity contribution in [2.45, 2.75) is 18.9 Å². The molecule has 94 valence electrons. The first-order valence-corrected chi connectivity index (χ1v) is 6.58. The molecule has 1 aromatic heterocycles. The molecule has 0 aliphatic carbocycles. The molecule has 0 saturated carbocycles. The van der Waals surface area contributed by atoms with Crippen molar-refractivity contribution in [1.82, 2.24) is 10.3 Å². The molecule has 1 aromatic carbocycles. The molecule has 2 heterocycles. The average Bonchev–Trinajstić information content (AvgIpc) is 2.46. The third kappa shape index (κ3) is 2.68. The van der Waals surface area contributed by atoms with E-state index in [1.165, 1.54) is 10.9 Å². The van der Waals surface area contributed by atoms with Gasteiger partial charge in [0.1, 0.15) is 0 Å². The van der Waals surface area contributed by atoms with E-state index in [9.17, 15) is 0 Å². The fraction of sp³-hybridized carbons (Fsp3) is 0.400.